The zero-order chi connectivity index (χ0) is 27.3. The van der Waals surface area contributed by atoms with E-state index in [-0.39, 0.29) is 18.1 Å². The molecule has 2 aromatic carbocycles. The van der Waals surface area contributed by atoms with Gasteiger partial charge in [0.25, 0.3) is 5.91 Å². The van der Waals surface area contributed by atoms with Gasteiger partial charge < -0.3 is 14.8 Å². The van der Waals surface area contributed by atoms with Crippen molar-refractivity contribution < 1.29 is 14.3 Å². The van der Waals surface area contributed by atoms with Crippen LogP contribution in [0, 0.1) is 5.92 Å². The molecule has 5 heterocycles. The average molecular weight is 550 g/mol. The van der Waals surface area contributed by atoms with Crippen molar-refractivity contribution in [1.29, 1.82) is 0 Å². The van der Waals surface area contributed by atoms with Gasteiger partial charge in [-0.25, -0.2) is 0 Å². The molecule has 8 rings (SSSR count). The molecule has 1 aliphatic carbocycles. The number of benzene rings is 2. The fourth-order valence-corrected chi connectivity index (χ4v) is 7.16. The second-order valence-electron chi connectivity index (χ2n) is 12.1. The lowest BCUT2D eigenvalue weighted by Crippen LogP contribution is -2.57. The molecule has 3 aliphatic heterocycles. The third-order valence-corrected chi connectivity index (χ3v) is 9.43. The number of fused-ring (bicyclic) bond motifs is 3. The zero-order valence-electron chi connectivity index (χ0n) is 23.0. The number of hydrogen-bond acceptors (Lipinski definition) is 6. The third-order valence-electron chi connectivity index (χ3n) is 9.43. The van der Waals surface area contributed by atoms with E-state index in [1.54, 1.807) is 6.20 Å². The van der Waals surface area contributed by atoms with Gasteiger partial charge in [-0.1, -0.05) is 6.07 Å². The molecule has 4 aromatic rings. The van der Waals surface area contributed by atoms with Crippen LogP contribution >= 0.6 is 0 Å². The maximum Gasteiger partial charge on any atom is 0.251 e. The largest absolute Gasteiger partial charge is 0.490 e. The van der Waals surface area contributed by atoms with Crippen molar-refractivity contribution in [2.24, 2.45) is 5.92 Å². The lowest BCUT2D eigenvalue weighted by Gasteiger charge is -2.46. The molecule has 8 nitrogen and oxygen atoms in total. The predicted octanol–water partition coefficient (Wildman–Crippen LogP) is 5.28. The number of carbonyl (C=O) groups is 1. The summed E-state index contributed by atoms with van der Waals surface area (Å²) in [5.74, 6) is 1.26. The molecule has 2 aromatic heterocycles. The number of rotatable bonds is 8. The number of carbonyl (C=O) groups excluding carboxylic acids is 1. The van der Waals surface area contributed by atoms with E-state index in [2.05, 4.69) is 37.5 Å². The summed E-state index contributed by atoms with van der Waals surface area (Å²) in [6.45, 7) is 1.78. The van der Waals surface area contributed by atoms with E-state index in [1.807, 2.05) is 48.5 Å². The van der Waals surface area contributed by atoms with Crippen LogP contribution in [0.15, 0.2) is 66.9 Å². The van der Waals surface area contributed by atoms with E-state index >= 15 is 0 Å². The van der Waals surface area contributed by atoms with E-state index in [1.165, 1.54) is 12.8 Å². The lowest BCUT2D eigenvalue weighted by molar-refractivity contribution is -0.102. The molecule has 4 fully saturated rings. The standard InChI is InChI=1S/C33H35N5O3/c39-33(35-32(21-4-5-21)30-3-1-2-14-34-30)22-8-13-29-28(15-22)31(37-36-29)20-6-11-26(12-7-20)41-27-16-23-9-10-24(17-27)38(23)25-18-40-19-25/h1-3,6-8,11-15,21,23-25,27,32H,4-5,9-10,16-19H2,(H,35,39)(H,36,37). The van der Waals surface area contributed by atoms with Gasteiger partial charge in [-0.15, -0.1) is 0 Å². The summed E-state index contributed by atoms with van der Waals surface area (Å²) >= 11 is 0. The van der Waals surface area contributed by atoms with Crippen molar-refractivity contribution in [3.05, 3.63) is 78.1 Å². The summed E-state index contributed by atoms with van der Waals surface area (Å²) in [5, 5.41) is 11.9. The Morgan fingerprint density at radius 1 is 0.976 bits per heavy atom. The van der Waals surface area contributed by atoms with E-state index in [0.29, 0.717) is 29.6 Å². The lowest BCUT2D eigenvalue weighted by atomic mass is 9.96. The molecule has 1 amide bonds. The number of H-pyrrole nitrogens is 1. The highest BCUT2D eigenvalue weighted by molar-refractivity contribution is 6.01. The molecule has 3 atom stereocenters. The molecule has 2 bridgehead atoms. The summed E-state index contributed by atoms with van der Waals surface area (Å²) in [5.41, 5.74) is 4.27. The minimum absolute atomic E-state index is 0.0644. The Bertz CT molecular complexity index is 1530. The molecule has 0 spiro atoms. The van der Waals surface area contributed by atoms with E-state index in [9.17, 15) is 4.79 Å². The zero-order valence-corrected chi connectivity index (χ0v) is 23.0. The first-order valence-corrected chi connectivity index (χ1v) is 15.0. The highest BCUT2D eigenvalue weighted by Gasteiger charge is 2.46. The Labute approximate surface area is 239 Å². The van der Waals surface area contributed by atoms with E-state index in [0.717, 1.165) is 72.5 Å². The fourth-order valence-electron chi connectivity index (χ4n) is 7.16. The van der Waals surface area contributed by atoms with Crippen LogP contribution in [0.4, 0.5) is 0 Å². The predicted molar refractivity (Wildman–Crippen MR) is 156 cm³/mol. The van der Waals surface area contributed by atoms with Crippen LogP contribution in [-0.2, 0) is 4.74 Å². The molecule has 8 heteroatoms. The highest BCUT2D eigenvalue weighted by Crippen LogP contribution is 2.41. The van der Waals surface area contributed by atoms with Crippen molar-refractivity contribution in [3.63, 3.8) is 0 Å². The molecular weight excluding hydrogens is 514 g/mol. The molecule has 2 N–H and O–H groups in total. The first kappa shape index (κ1) is 25.0. The van der Waals surface area contributed by atoms with Crippen LogP contribution in [0.1, 0.15) is 60.6 Å². The second-order valence-corrected chi connectivity index (χ2v) is 12.1. The number of pyridine rings is 1. The minimum Gasteiger partial charge on any atom is -0.490 e. The first-order chi connectivity index (χ1) is 20.2. The monoisotopic (exact) mass is 549 g/mol. The SMILES string of the molecule is O=C(NC(c1ccccn1)C1CC1)c1ccc2[nH]nc(-c3ccc(OC4CC5CCC(C4)N5C4COC4)cc3)c2c1. The van der Waals surface area contributed by atoms with Crippen molar-refractivity contribution >= 4 is 16.8 Å². The minimum atomic E-state index is -0.0878. The van der Waals surface area contributed by atoms with Crippen molar-refractivity contribution in [1.82, 2.24) is 25.4 Å². The second kappa shape index (κ2) is 10.3. The van der Waals surface area contributed by atoms with Gasteiger partial charge in [0.1, 0.15) is 11.9 Å². The normalized spacial score (nSPS) is 25.1. The number of aromatic nitrogens is 3. The number of nitrogens with one attached hydrogen (secondary N) is 2. The summed E-state index contributed by atoms with van der Waals surface area (Å²) < 4.78 is 11.9. The maximum absolute atomic E-state index is 13.3. The van der Waals surface area contributed by atoms with Crippen LogP contribution < -0.4 is 10.1 Å². The average Bonchev–Trinajstić information content (AvgIpc) is 3.68. The van der Waals surface area contributed by atoms with Crippen molar-refractivity contribution in [3.8, 4) is 17.0 Å². The van der Waals surface area contributed by atoms with Gasteiger partial charge in [-0.05, 0) is 99.0 Å². The molecular formula is C33H35N5O3. The third kappa shape index (κ3) is 4.79. The Hall–Kier alpha value is -3.75. The van der Waals surface area contributed by atoms with E-state index in [4.69, 9.17) is 9.47 Å². The summed E-state index contributed by atoms with van der Waals surface area (Å²) in [6, 6.07) is 21.6. The first-order valence-electron chi connectivity index (χ1n) is 15.0. The van der Waals surface area contributed by atoms with Crippen LogP contribution in [0.25, 0.3) is 22.2 Å². The van der Waals surface area contributed by atoms with Gasteiger partial charge in [0, 0.05) is 34.8 Å². The van der Waals surface area contributed by atoms with Crippen LogP contribution in [0.3, 0.4) is 0 Å². The quantitative estimate of drug-likeness (QED) is 0.311. The number of amides is 1. The van der Waals surface area contributed by atoms with Gasteiger partial charge >= 0.3 is 0 Å². The van der Waals surface area contributed by atoms with Gasteiger partial charge in [0.15, 0.2) is 0 Å². The molecule has 3 unspecified atom stereocenters. The topological polar surface area (TPSA) is 92.4 Å². The summed E-state index contributed by atoms with van der Waals surface area (Å²) in [7, 11) is 0. The van der Waals surface area contributed by atoms with Crippen molar-refractivity contribution in [2.75, 3.05) is 13.2 Å². The molecule has 0 radical (unpaired) electrons. The number of aromatic amines is 1. The molecule has 210 valence electrons. The number of ether oxygens (including phenoxy) is 2. The van der Waals surface area contributed by atoms with Crippen molar-refractivity contribution in [2.45, 2.75) is 68.8 Å². The fraction of sp³-hybridized carbons (Fsp3) is 0.424. The summed E-state index contributed by atoms with van der Waals surface area (Å²) in [4.78, 5) is 20.6. The van der Waals surface area contributed by atoms with Gasteiger partial charge in [0.2, 0.25) is 0 Å². The Balaban J connectivity index is 0.970. The smallest absolute Gasteiger partial charge is 0.251 e. The van der Waals surface area contributed by atoms with Crippen LogP contribution in [0.2, 0.25) is 0 Å². The van der Waals surface area contributed by atoms with Gasteiger partial charge in [0.05, 0.1) is 42.2 Å². The molecule has 1 saturated carbocycles. The molecule has 41 heavy (non-hydrogen) atoms. The van der Waals surface area contributed by atoms with E-state index < -0.39 is 0 Å². The number of hydrogen-bond donors (Lipinski definition) is 2. The Kier molecular flexibility index (Phi) is 6.26. The number of piperidine rings is 1. The van der Waals surface area contributed by atoms with Gasteiger partial charge in [-0.2, -0.15) is 5.10 Å². The highest BCUT2D eigenvalue weighted by atomic mass is 16.5. The summed E-state index contributed by atoms with van der Waals surface area (Å²) in [6.07, 6.45) is 9.00. The molecule has 4 aliphatic rings. The molecule has 3 saturated heterocycles. The van der Waals surface area contributed by atoms with Crippen LogP contribution in [0.5, 0.6) is 5.75 Å². The Morgan fingerprint density at radius 2 is 1.78 bits per heavy atom. The number of nitrogens with zero attached hydrogens (tertiary/aromatic N) is 3. The van der Waals surface area contributed by atoms with Gasteiger partial charge in [-0.3, -0.25) is 19.8 Å². The maximum atomic E-state index is 13.3. The van der Waals surface area contributed by atoms with Crippen LogP contribution in [-0.4, -0.2) is 63.4 Å². The Morgan fingerprint density at radius 3 is 2.46 bits per heavy atom.